The Bertz CT molecular complexity index is 560. The van der Waals surface area contributed by atoms with Gasteiger partial charge in [0, 0.05) is 5.02 Å². The number of benzene rings is 1. The number of nitrogens with one attached hydrogen (secondary N) is 1. The molecule has 4 nitrogen and oxygen atoms in total. The Morgan fingerprint density at radius 2 is 2.11 bits per heavy atom. The summed E-state index contributed by atoms with van der Waals surface area (Å²) in [6.07, 6.45) is 1.47. The Morgan fingerprint density at radius 3 is 2.83 bits per heavy atom. The van der Waals surface area contributed by atoms with Crippen LogP contribution in [0.25, 0.3) is 0 Å². The summed E-state index contributed by atoms with van der Waals surface area (Å²) in [6, 6.07) is 7.59. The number of nitrogens with zero attached hydrogens (tertiary/aromatic N) is 2. The number of nitrogens with two attached hydrogens (primary N) is 1. The highest BCUT2D eigenvalue weighted by Crippen LogP contribution is 2.25. The van der Waals surface area contributed by atoms with E-state index in [9.17, 15) is 0 Å². The summed E-state index contributed by atoms with van der Waals surface area (Å²) in [4.78, 5) is 7.86. The van der Waals surface area contributed by atoms with E-state index in [0.717, 1.165) is 5.56 Å². The molecule has 0 aliphatic carbocycles. The summed E-state index contributed by atoms with van der Waals surface area (Å²) >= 11 is 11.9. The second kappa shape index (κ2) is 5.42. The van der Waals surface area contributed by atoms with Crippen molar-refractivity contribution in [2.75, 3.05) is 11.1 Å². The molecule has 18 heavy (non-hydrogen) atoms. The highest BCUT2D eigenvalue weighted by molar-refractivity contribution is 6.32. The standard InChI is InChI=1S/C12H12Cl2N4/c1-7(8-3-2-4-9(13)5-8)17-11-10(14)6-16-12(15)18-11/h2-7H,1H3,(H3,15,16,17,18). The number of aromatic nitrogens is 2. The molecule has 0 aliphatic heterocycles. The topological polar surface area (TPSA) is 63.8 Å². The largest absolute Gasteiger partial charge is 0.368 e. The third-order valence-corrected chi connectivity index (χ3v) is 2.98. The second-order valence-electron chi connectivity index (χ2n) is 3.85. The van der Waals surface area contributed by atoms with Crippen molar-refractivity contribution in [2.24, 2.45) is 0 Å². The zero-order chi connectivity index (χ0) is 13.1. The lowest BCUT2D eigenvalue weighted by Crippen LogP contribution is -2.09. The van der Waals surface area contributed by atoms with Gasteiger partial charge >= 0.3 is 0 Å². The zero-order valence-corrected chi connectivity index (χ0v) is 11.2. The summed E-state index contributed by atoms with van der Waals surface area (Å²) in [6.45, 7) is 1.99. The van der Waals surface area contributed by atoms with Gasteiger partial charge in [-0.15, -0.1) is 0 Å². The van der Waals surface area contributed by atoms with E-state index in [2.05, 4.69) is 15.3 Å². The molecule has 3 N–H and O–H groups in total. The molecule has 6 heteroatoms. The molecule has 0 fully saturated rings. The Kier molecular flexibility index (Phi) is 3.89. The summed E-state index contributed by atoms with van der Waals surface area (Å²) < 4.78 is 0. The fourth-order valence-electron chi connectivity index (χ4n) is 1.55. The monoisotopic (exact) mass is 282 g/mol. The first-order chi connectivity index (χ1) is 8.56. The lowest BCUT2D eigenvalue weighted by Gasteiger charge is -2.16. The van der Waals surface area contributed by atoms with E-state index in [-0.39, 0.29) is 12.0 Å². The highest BCUT2D eigenvalue weighted by atomic mass is 35.5. The lowest BCUT2D eigenvalue weighted by atomic mass is 10.1. The first-order valence-electron chi connectivity index (χ1n) is 5.36. The highest BCUT2D eigenvalue weighted by Gasteiger charge is 2.10. The lowest BCUT2D eigenvalue weighted by molar-refractivity contribution is 0.873. The van der Waals surface area contributed by atoms with Crippen molar-refractivity contribution in [3.63, 3.8) is 0 Å². The van der Waals surface area contributed by atoms with Crippen LogP contribution in [0.15, 0.2) is 30.5 Å². The molecule has 1 aromatic carbocycles. The molecular weight excluding hydrogens is 271 g/mol. The number of hydrogen-bond acceptors (Lipinski definition) is 4. The van der Waals surface area contributed by atoms with Gasteiger partial charge in [-0.2, -0.15) is 4.98 Å². The third kappa shape index (κ3) is 3.03. The molecule has 0 saturated carbocycles. The minimum absolute atomic E-state index is 0.00972. The maximum atomic E-state index is 5.99. The van der Waals surface area contributed by atoms with Crippen molar-refractivity contribution in [1.82, 2.24) is 9.97 Å². The summed E-state index contributed by atoms with van der Waals surface area (Å²) in [7, 11) is 0. The van der Waals surface area contributed by atoms with Crippen LogP contribution in [0, 0.1) is 0 Å². The predicted molar refractivity (Wildman–Crippen MR) is 74.9 cm³/mol. The maximum absolute atomic E-state index is 5.99. The van der Waals surface area contributed by atoms with Crippen LogP contribution in [0.5, 0.6) is 0 Å². The molecule has 1 aromatic heterocycles. The van der Waals surface area contributed by atoms with Gasteiger partial charge in [-0.3, -0.25) is 0 Å². The first kappa shape index (κ1) is 12.9. The molecule has 1 unspecified atom stereocenters. The Hall–Kier alpha value is -1.52. The van der Waals surface area contributed by atoms with Crippen molar-refractivity contribution in [1.29, 1.82) is 0 Å². The van der Waals surface area contributed by atoms with Gasteiger partial charge in [-0.05, 0) is 24.6 Å². The molecule has 94 valence electrons. The third-order valence-electron chi connectivity index (χ3n) is 2.46. The Morgan fingerprint density at radius 1 is 1.33 bits per heavy atom. The van der Waals surface area contributed by atoms with E-state index < -0.39 is 0 Å². The number of hydrogen-bond donors (Lipinski definition) is 2. The van der Waals surface area contributed by atoms with E-state index in [1.165, 1.54) is 6.20 Å². The molecule has 0 aliphatic rings. The van der Waals surface area contributed by atoms with Crippen LogP contribution in [0.2, 0.25) is 10.0 Å². The Balaban J connectivity index is 2.21. The maximum Gasteiger partial charge on any atom is 0.222 e. The van der Waals surface area contributed by atoms with Gasteiger partial charge in [0.1, 0.15) is 5.02 Å². The summed E-state index contributed by atoms with van der Waals surface area (Å²) in [5, 5.41) is 4.29. The van der Waals surface area contributed by atoms with Gasteiger partial charge in [0.25, 0.3) is 0 Å². The van der Waals surface area contributed by atoms with Gasteiger partial charge < -0.3 is 11.1 Å². The van der Waals surface area contributed by atoms with E-state index in [1.807, 2.05) is 31.2 Å². The summed E-state index contributed by atoms with van der Waals surface area (Å²) in [5.41, 5.74) is 6.56. The normalized spacial score (nSPS) is 12.2. The van der Waals surface area contributed by atoms with Gasteiger partial charge in [0.15, 0.2) is 5.82 Å². The molecule has 1 atom stereocenters. The zero-order valence-electron chi connectivity index (χ0n) is 9.69. The van der Waals surface area contributed by atoms with E-state index in [1.54, 1.807) is 0 Å². The van der Waals surface area contributed by atoms with Crippen LogP contribution >= 0.6 is 23.2 Å². The molecular formula is C12H12Cl2N4. The quantitative estimate of drug-likeness (QED) is 0.904. The van der Waals surface area contributed by atoms with Crippen molar-refractivity contribution in [2.45, 2.75) is 13.0 Å². The minimum atomic E-state index is 0.00972. The first-order valence-corrected chi connectivity index (χ1v) is 6.12. The SMILES string of the molecule is CC(Nc1nc(N)ncc1Cl)c1cccc(Cl)c1. The molecule has 1 heterocycles. The molecule has 0 amide bonds. The molecule has 0 bridgehead atoms. The second-order valence-corrected chi connectivity index (χ2v) is 4.69. The minimum Gasteiger partial charge on any atom is -0.368 e. The predicted octanol–water partition coefficient (Wildman–Crippen LogP) is 3.54. The van der Waals surface area contributed by atoms with Crippen LogP contribution in [-0.4, -0.2) is 9.97 Å². The van der Waals surface area contributed by atoms with E-state index in [4.69, 9.17) is 28.9 Å². The van der Waals surface area contributed by atoms with Gasteiger partial charge in [-0.25, -0.2) is 4.98 Å². The van der Waals surface area contributed by atoms with Crippen molar-refractivity contribution >= 4 is 35.0 Å². The number of anilines is 2. The van der Waals surface area contributed by atoms with Gasteiger partial charge in [0.2, 0.25) is 5.95 Å². The summed E-state index contributed by atoms with van der Waals surface area (Å²) in [5.74, 6) is 0.692. The Labute approximate surface area is 115 Å². The fourth-order valence-corrected chi connectivity index (χ4v) is 1.89. The van der Waals surface area contributed by atoms with Crippen LogP contribution in [0.1, 0.15) is 18.5 Å². The number of halogens is 2. The molecule has 0 spiro atoms. The average Bonchev–Trinajstić information content (AvgIpc) is 2.34. The van der Waals surface area contributed by atoms with Crippen molar-refractivity contribution < 1.29 is 0 Å². The smallest absolute Gasteiger partial charge is 0.222 e. The van der Waals surface area contributed by atoms with E-state index >= 15 is 0 Å². The average molecular weight is 283 g/mol. The van der Waals surface area contributed by atoms with Crippen molar-refractivity contribution in [3.05, 3.63) is 46.1 Å². The molecule has 0 saturated heterocycles. The van der Waals surface area contributed by atoms with Crippen LogP contribution in [0.4, 0.5) is 11.8 Å². The van der Waals surface area contributed by atoms with E-state index in [0.29, 0.717) is 15.9 Å². The molecule has 0 radical (unpaired) electrons. The van der Waals surface area contributed by atoms with Crippen LogP contribution in [0.3, 0.4) is 0 Å². The van der Waals surface area contributed by atoms with Gasteiger partial charge in [0.05, 0.1) is 12.2 Å². The fraction of sp³-hybridized carbons (Fsp3) is 0.167. The number of rotatable bonds is 3. The number of nitrogen functional groups attached to an aromatic ring is 1. The molecule has 2 rings (SSSR count). The van der Waals surface area contributed by atoms with Crippen LogP contribution in [-0.2, 0) is 0 Å². The molecule has 2 aromatic rings. The van der Waals surface area contributed by atoms with Crippen LogP contribution < -0.4 is 11.1 Å². The van der Waals surface area contributed by atoms with Crippen molar-refractivity contribution in [3.8, 4) is 0 Å². The van der Waals surface area contributed by atoms with Gasteiger partial charge in [-0.1, -0.05) is 35.3 Å².